The summed E-state index contributed by atoms with van der Waals surface area (Å²) < 4.78 is 19.4. The zero-order chi connectivity index (χ0) is 13.1. The molecule has 0 bridgehead atoms. The molecule has 0 N–H and O–H groups in total. The monoisotopic (exact) mass is 379 g/mol. The van der Waals surface area contributed by atoms with Crippen LogP contribution in [0.5, 0.6) is 0 Å². The van der Waals surface area contributed by atoms with E-state index in [1.54, 1.807) is 0 Å². The van der Waals surface area contributed by atoms with Gasteiger partial charge in [-0.15, -0.1) is 0 Å². The van der Waals surface area contributed by atoms with E-state index in [1.807, 2.05) is 12.1 Å². The number of hydrogen-bond donors (Lipinski definition) is 0. The fourth-order valence-electron chi connectivity index (χ4n) is 2.06. The van der Waals surface area contributed by atoms with E-state index < -0.39 is 0 Å². The first-order valence-corrected chi connectivity index (χ1v) is 7.87. The summed E-state index contributed by atoms with van der Waals surface area (Å²) in [6.07, 6.45) is 0.241. The molecule has 0 spiro atoms. The van der Waals surface area contributed by atoms with Crippen molar-refractivity contribution in [1.82, 2.24) is 4.90 Å². The van der Waals surface area contributed by atoms with Crippen LogP contribution in [-0.2, 0) is 11.3 Å². The molecule has 2 atom stereocenters. The Morgan fingerprint density at radius 2 is 2.28 bits per heavy atom. The predicted molar refractivity (Wildman–Crippen MR) is 77.5 cm³/mol. The van der Waals surface area contributed by atoms with Crippen molar-refractivity contribution in [2.24, 2.45) is 0 Å². The van der Waals surface area contributed by atoms with Crippen LogP contribution in [0, 0.1) is 5.82 Å². The Hall–Kier alpha value is 0.0300. The Morgan fingerprint density at radius 3 is 2.94 bits per heavy atom. The molecule has 1 aliphatic rings. The Balaban J connectivity index is 2.04. The fourth-order valence-corrected chi connectivity index (χ4v) is 2.88. The van der Waals surface area contributed by atoms with E-state index in [9.17, 15) is 4.39 Å². The van der Waals surface area contributed by atoms with Crippen LogP contribution in [0.15, 0.2) is 22.7 Å². The van der Waals surface area contributed by atoms with E-state index in [0.717, 1.165) is 30.6 Å². The van der Waals surface area contributed by atoms with E-state index >= 15 is 0 Å². The Bertz CT molecular complexity index is 416. The van der Waals surface area contributed by atoms with Crippen LogP contribution in [0.2, 0.25) is 0 Å². The third-order valence-electron chi connectivity index (χ3n) is 3.18. The minimum absolute atomic E-state index is 0.216. The number of alkyl halides is 1. The van der Waals surface area contributed by atoms with Crippen LogP contribution < -0.4 is 0 Å². The maximum absolute atomic E-state index is 13.2. The smallest absolute Gasteiger partial charge is 0.137 e. The molecule has 1 aromatic rings. The largest absolute Gasteiger partial charge is 0.374 e. The Kier molecular flexibility index (Phi) is 5.18. The van der Waals surface area contributed by atoms with Gasteiger partial charge in [0.1, 0.15) is 5.82 Å². The van der Waals surface area contributed by atoms with Crippen molar-refractivity contribution in [3.8, 4) is 0 Å². The molecular formula is C13H16Br2FNO. The Morgan fingerprint density at radius 1 is 1.50 bits per heavy atom. The maximum atomic E-state index is 13.2. The first-order valence-electron chi connectivity index (χ1n) is 5.95. The molecule has 2 nitrogen and oxygen atoms in total. The van der Waals surface area contributed by atoms with E-state index in [0.29, 0.717) is 10.5 Å². The lowest BCUT2D eigenvalue weighted by Crippen LogP contribution is -2.48. The molecule has 0 aromatic heterocycles. The summed E-state index contributed by atoms with van der Waals surface area (Å²) in [5.41, 5.74) is 1.12. The molecule has 100 valence electrons. The van der Waals surface area contributed by atoms with Gasteiger partial charge in [-0.25, -0.2) is 4.39 Å². The zero-order valence-corrected chi connectivity index (χ0v) is 13.4. The normalized spacial score (nSPS) is 25.3. The summed E-state index contributed by atoms with van der Waals surface area (Å²) in [6, 6.07) is 5.59. The number of hydrogen-bond acceptors (Lipinski definition) is 2. The summed E-state index contributed by atoms with van der Waals surface area (Å²) in [6.45, 7) is 4.63. The van der Waals surface area contributed by atoms with Gasteiger partial charge in [-0.1, -0.05) is 22.0 Å². The van der Waals surface area contributed by atoms with Crippen molar-refractivity contribution in [3.63, 3.8) is 0 Å². The maximum Gasteiger partial charge on any atom is 0.137 e. The third kappa shape index (κ3) is 3.53. The number of morpholine rings is 1. The van der Waals surface area contributed by atoms with E-state index in [2.05, 4.69) is 43.7 Å². The molecular weight excluding hydrogens is 365 g/mol. The van der Waals surface area contributed by atoms with Crippen LogP contribution in [0.3, 0.4) is 0 Å². The summed E-state index contributed by atoms with van der Waals surface area (Å²) >= 11 is 6.68. The van der Waals surface area contributed by atoms with Crippen molar-refractivity contribution in [1.29, 1.82) is 0 Å². The predicted octanol–water partition coefficient (Wildman–Crippen LogP) is 3.57. The molecule has 2 unspecified atom stereocenters. The second-order valence-corrected chi connectivity index (χ2v) is 6.14. The van der Waals surface area contributed by atoms with Gasteiger partial charge in [-0.3, -0.25) is 4.90 Å². The summed E-state index contributed by atoms with van der Waals surface area (Å²) in [5, 5.41) is 0.851. The van der Waals surface area contributed by atoms with E-state index in [4.69, 9.17) is 4.74 Å². The van der Waals surface area contributed by atoms with Gasteiger partial charge in [0.25, 0.3) is 0 Å². The highest BCUT2D eigenvalue weighted by Gasteiger charge is 2.25. The molecule has 1 aromatic carbocycles. The van der Waals surface area contributed by atoms with Gasteiger partial charge in [0.2, 0.25) is 0 Å². The fraction of sp³-hybridized carbons (Fsp3) is 0.538. The van der Waals surface area contributed by atoms with E-state index in [-0.39, 0.29) is 11.9 Å². The van der Waals surface area contributed by atoms with Gasteiger partial charge in [-0.05, 0) is 40.5 Å². The third-order valence-corrected chi connectivity index (χ3v) is 4.51. The minimum Gasteiger partial charge on any atom is -0.374 e. The van der Waals surface area contributed by atoms with Gasteiger partial charge in [0.15, 0.2) is 0 Å². The average molecular weight is 381 g/mol. The molecule has 18 heavy (non-hydrogen) atoms. The second-order valence-electron chi connectivity index (χ2n) is 4.64. The SMILES string of the molecule is CC1COC(CBr)CN1Cc1ccc(F)c(Br)c1. The van der Waals surface area contributed by atoms with Gasteiger partial charge in [0, 0.05) is 24.5 Å². The van der Waals surface area contributed by atoms with Crippen LogP contribution in [-0.4, -0.2) is 35.5 Å². The van der Waals surface area contributed by atoms with Crippen molar-refractivity contribution in [2.75, 3.05) is 18.5 Å². The topological polar surface area (TPSA) is 12.5 Å². The lowest BCUT2D eigenvalue weighted by atomic mass is 10.1. The van der Waals surface area contributed by atoms with Crippen LogP contribution >= 0.6 is 31.9 Å². The molecule has 0 saturated carbocycles. The molecule has 1 saturated heterocycles. The number of ether oxygens (including phenoxy) is 1. The number of halogens is 3. The number of benzene rings is 1. The first kappa shape index (κ1) is 14.4. The van der Waals surface area contributed by atoms with Crippen LogP contribution in [0.4, 0.5) is 4.39 Å². The molecule has 0 amide bonds. The van der Waals surface area contributed by atoms with Crippen molar-refractivity contribution in [3.05, 3.63) is 34.1 Å². The van der Waals surface area contributed by atoms with Gasteiger partial charge in [0.05, 0.1) is 17.2 Å². The molecule has 0 radical (unpaired) electrons. The quantitative estimate of drug-likeness (QED) is 0.743. The molecule has 1 aliphatic heterocycles. The highest BCUT2D eigenvalue weighted by Crippen LogP contribution is 2.21. The minimum atomic E-state index is -0.216. The lowest BCUT2D eigenvalue weighted by molar-refractivity contribution is -0.0499. The number of rotatable bonds is 3. The Labute approximate surface area is 124 Å². The highest BCUT2D eigenvalue weighted by atomic mass is 79.9. The standard InChI is InChI=1S/C13H16Br2FNO/c1-9-8-18-11(5-14)7-17(9)6-10-2-3-13(16)12(15)4-10/h2-4,9,11H,5-8H2,1H3. The summed E-state index contributed by atoms with van der Waals surface area (Å²) in [4.78, 5) is 2.37. The van der Waals surface area contributed by atoms with Crippen molar-refractivity contribution >= 4 is 31.9 Å². The molecule has 0 aliphatic carbocycles. The molecule has 2 rings (SSSR count). The lowest BCUT2D eigenvalue weighted by Gasteiger charge is -2.37. The van der Waals surface area contributed by atoms with Crippen molar-refractivity contribution < 1.29 is 9.13 Å². The summed E-state index contributed by atoms with van der Waals surface area (Å²) in [7, 11) is 0. The zero-order valence-electron chi connectivity index (χ0n) is 10.2. The summed E-state index contributed by atoms with van der Waals surface area (Å²) in [5.74, 6) is -0.216. The van der Waals surface area contributed by atoms with Crippen LogP contribution in [0.25, 0.3) is 0 Å². The van der Waals surface area contributed by atoms with Gasteiger partial charge in [-0.2, -0.15) is 0 Å². The molecule has 5 heteroatoms. The average Bonchev–Trinajstić information content (AvgIpc) is 2.36. The highest BCUT2D eigenvalue weighted by molar-refractivity contribution is 9.10. The number of nitrogens with zero attached hydrogens (tertiary/aromatic N) is 1. The van der Waals surface area contributed by atoms with Crippen molar-refractivity contribution in [2.45, 2.75) is 25.6 Å². The second kappa shape index (κ2) is 6.46. The first-order chi connectivity index (χ1) is 8.60. The van der Waals surface area contributed by atoms with Gasteiger partial charge >= 0.3 is 0 Å². The van der Waals surface area contributed by atoms with E-state index in [1.165, 1.54) is 6.07 Å². The van der Waals surface area contributed by atoms with Gasteiger partial charge < -0.3 is 4.74 Å². The van der Waals surface area contributed by atoms with Crippen LogP contribution in [0.1, 0.15) is 12.5 Å². The molecule has 1 fully saturated rings. The molecule has 1 heterocycles.